The molecule has 0 aromatic carbocycles. The van der Waals surface area contributed by atoms with Crippen molar-refractivity contribution in [3.8, 4) is 0 Å². The summed E-state index contributed by atoms with van der Waals surface area (Å²) in [4.78, 5) is 11.2. The smallest absolute Gasteiger partial charge is 0.346 e. The van der Waals surface area contributed by atoms with Crippen molar-refractivity contribution < 1.29 is 18.3 Å². The third-order valence-electron chi connectivity index (χ3n) is 3.26. The Morgan fingerprint density at radius 1 is 1.41 bits per heavy atom. The minimum absolute atomic E-state index is 0.103. The van der Waals surface area contributed by atoms with E-state index in [1.165, 1.54) is 0 Å². The minimum Gasteiger partial charge on any atom is -0.477 e. The SMILES string of the molecule is Cc1c(C(=O)O)sc2c1C(C)(C)CCS2(=O)=O. The highest BCUT2D eigenvalue weighted by atomic mass is 32.2. The Kier molecular flexibility index (Phi) is 2.63. The Hall–Kier alpha value is -0.880. The molecule has 17 heavy (non-hydrogen) atoms. The number of carbonyl (C=O) groups is 1. The highest BCUT2D eigenvalue weighted by Crippen LogP contribution is 2.45. The van der Waals surface area contributed by atoms with E-state index < -0.39 is 15.8 Å². The first-order chi connectivity index (χ1) is 7.67. The number of hydrogen-bond acceptors (Lipinski definition) is 4. The molecule has 94 valence electrons. The van der Waals surface area contributed by atoms with Crippen LogP contribution >= 0.6 is 11.3 Å². The minimum atomic E-state index is -3.29. The van der Waals surface area contributed by atoms with Crippen LogP contribution in [0.3, 0.4) is 0 Å². The monoisotopic (exact) mass is 274 g/mol. The summed E-state index contributed by atoms with van der Waals surface area (Å²) in [6, 6.07) is 0. The zero-order chi connectivity index (χ0) is 13.0. The summed E-state index contributed by atoms with van der Waals surface area (Å²) in [5.41, 5.74) is 1.03. The highest BCUT2D eigenvalue weighted by Gasteiger charge is 2.40. The molecule has 2 rings (SSSR count). The van der Waals surface area contributed by atoms with Crippen molar-refractivity contribution in [1.29, 1.82) is 0 Å². The number of carboxylic acids is 1. The second kappa shape index (κ2) is 3.55. The molecule has 0 fully saturated rings. The van der Waals surface area contributed by atoms with Crippen molar-refractivity contribution in [2.45, 2.75) is 36.8 Å². The molecule has 4 nitrogen and oxygen atoms in total. The Morgan fingerprint density at radius 3 is 2.47 bits per heavy atom. The van der Waals surface area contributed by atoms with Crippen LogP contribution in [0.5, 0.6) is 0 Å². The summed E-state index contributed by atoms with van der Waals surface area (Å²) in [5.74, 6) is -0.945. The number of hydrogen-bond donors (Lipinski definition) is 1. The van der Waals surface area contributed by atoms with E-state index in [2.05, 4.69) is 0 Å². The second-order valence-corrected chi connectivity index (χ2v) is 8.30. The summed E-state index contributed by atoms with van der Waals surface area (Å²) in [6.45, 7) is 5.62. The average Bonchev–Trinajstić information content (AvgIpc) is 2.53. The molecule has 0 radical (unpaired) electrons. The number of fused-ring (bicyclic) bond motifs is 1. The maximum Gasteiger partial charge on any atom is 0.346 e. The molecule has 6 heteroatoms. The third-order valence-corrected chi connectivity index (χ3v) is 6.86. The number of rotatable bonds is 1. The summed E-state index contributed by atoms with van der Waals surface area (Å²) in [7, 11) is -3.29. The molecule has 1 aliphatic rings. The van der Waals surface area contributed by atoms with Gasteiger partial charge in [0.25, 0.3) is 0 Å². The van der Waals surface area contributed by atoms with Gasteiger partial charge in [-0.05, 0) is 29.9 Å². The second-order valence-electron chi connectivity index (χ2n) is 4.98. The van der Waals surface area contributed by atoms with Crippen LogP contribution in [0.1, 0.15) is 41.1 Å². The number of thiophene rings is 1. The number of sulfone groups is 1. The van der Waals surface area contributed by atoms with Crippen LogP contribution < -0.4 is 0 Å². The van der Waals surface area contributed by atoms with Gasteiger partial charge in [-0.2, -0.15) is 0 Å². The molecular formula is C11H14O4S2. The van der Waals surface area contributed by atoms with Crippen molar-refractivity contribution in [1.82, 2.24) is 0 Å². The Labute approximate surface area is 104 Å². The fourth-order valence-corrected chi connectivity index (χ4v) is 6.07. The van der Waals surface area contributed by atoms with E-state index in [-0.39, 0.29) is 20.3 Å². The van der Waals surface area contributed by atoms with E-state index in [1.807, 2.05) is 13.8 Å². The topological polar surface area (TPSA) is 71.4 Å². The van der Waals surface area contributed by atoms with Gasteiger partial charge in [0.1, 0.15) is 9.09 Å². The number of aromatic carboxylic acids is 1. The standard InChI is InChI=1S/C11H14O4S2/c1-6-7-10(16-8(6)9(12)13)17(14,15)5-4-11(7,2)3/h4-5H2,1-3H3,(H,12,13). The molecule has 0 bridgehead atoms. The summed E-state index contributed by atoms with van der Waals surface area (Å²) < 4.78 is 24.2. The lowest BCUT2D eigenvalue weighted by Gasteiger charge is -2.30. The van der Waals surface area contributed by atoms with E-state index in [0.29, 0.717) is 17.5 Å². The Bertz CT molecular complexity index is 593. The van der Waals surface area contributed by atoms with Crippen LogP contribution in [-0.2, 0) is 15.3 Å². The number of carboxylic acid groups (broad SMARTS) is 1. The zero-order valence-electron chi connectivity index (χ0n) is 9.90. The summed E-state index contributed by atoms with van der Waals surface area (Å²) in [5, 5.41) is 9.07. The fraction of sp³-hybridized carbons (Fsp3) is 0.545. The molecule has 2 heterocycles. The van der Waals surface area contributed by atoms with Crippen LogP contribution in [0.25, 0.3) is 0 Å². The summed E-state index contributed by atoms with van der Waals surface area (Å²) >= 11 is 0.892. The normalized spacial score (nSPS) is 20.9. The van der Waals surface area contributed by atoms with Gasteiger partial charge in [-0.25, -0.2) is 13.2 Å². The summed E-state index contributed by atoms with van der Waals surface area (Å²) in [6.07, 6.45) is 0.541. The molecule has 0 saturated carbocycles. The van der Waals surface area contributed by atoms with Gasteiger partial charge in [0.2, 0.25) is 0 Å². The first kappa shape index (κ1) is 12.6. The molecule has 1 aromatic rings. The predicted octanol–water partition coefficient (Wildman–Crippen LogP) is 2.21. The van der Waals surface area contributed by atoms with Crippen molar-refractivity contribution in [3.63, 3.8) is 0 Å². The van der Waals surface area contributed by atoms with E-state index in [4.69, 9.17) is 5.11 Å². The van der Waals surface area contributed by atoms with E-state index in [1.54, 1.807) is 6.92 Å². The van der Waals surface area contributed by atoms with Crippen LogP contribution in [-0.4, -0.2) is 25.2 Å². The zero-order valence-corrected chi connectivity index (χ0v) is 11.5. The molecule has 0 atom stereocenters. The van der Waals surface area contributed by atoms with Gasteiger partial charge in [0.05, 0.1) is 5.75 Å². The van der Waals surface area contributed by atoms with Gasteiger partial charge in [-0.1, -0.05) is 13.8 Å². The molecule has 0 amide bonds. The molecular weight excluding hydrogens is 260 g/mol. The van der Waals surface area contributed by atoms with Gasteiger partial charge in [-0.3, -0.25) is 0 Å². The molecule has 0 unspecified atom stereocenters. The third kappa shape index (κ3) is 1.79. The van der Waals surface area contributed by atoms with E-state index in [9.17, 15) is 13.2 Å². The van der Waals surface area contributed by atoms with Gasteiger partial charge >= 0.3 is 5.97 Å². The molecule has 0 saturated heterocycles. The lowest BCUT2D eigenvalue weighted by molar-refractivity contribution is 0.0701. The van der Waals surface area contributed by atoms with E-state index >= 15 is 0 Å². The van der Waals surface area contributed by atoms with Crippen LogP contribution in [0.4, 0.5) is 0 Å². The van der Waals surface area contributed by atoms with Gasteiger partial charge in [0, 0.05) is 0 Å². The van der Waals surface area contributed by atoms with Gasteiger partial charge in [0.15, 0.2) is 9.84 Å². The highest BCUT2D eigenvalue weighted by molar-refractivity contribution is 7.93. The fourth-order valence-electron chi connectivity index (χ4n) is 2.30. The maximum atomic E-state index is 12.0. The molecule has 1 N–H and O–H groups in total. The van der Waals surface area contributed by atoms with Crippen molar-refractivity contribution in [2.75, 3.05) is 5.75 Å². The lowest BCUT2D eigenvalue weighted by Crippen LogP contribution is -2.29. The lowest BCUT2D eigenvalue weighted by atomic mass is 9.81. The van der Waals surface area contributed by atoms with Crippen LogP contribution in [0.2, 0.25) is 0 Å². The molecule has 0 aliphatic carbocycles. The predicted molar refractivity (Wildman–Crippen MR) is 65.7 cm³/mol. The van der Waals surface area contributed by atoms with Crippen LogP contribution in [0.15, 0.2) is 4.21 Å². The average molecular weight is 274 g/mol. The van der Waals surface area contributed by atoms with Crippen LogP contribution in [0, 0.1) is 6.92 Å². The molecule has 0 spiro atoms. The Morgan fingerprint density at radius 2 is 2.00 bits per heavy atom. The molecule has 1 aromatic heterocycles. The Balaban J connectivity index is 2.82. The van der Waals surface area contributed by atoms with Gasteiger partial charge in [-0.15, -0.1) is 11.3 Å². The first-order valence-corrected chi connectivity index (χ1v) is 7.73. The van der Waals surface area contributed by atoms with Gasteiger partial charge < -0.3 is 5.11 Å². The van der Waals surface area contributed by atoms with Crippen molar-refractivity contribution >= 4 is 27.1 Å². The largest absolute Gasteiger partial charge is 0.477 e. The van der Waals surface area contributed by atoms with Crippen molar-refractivity contribution in [2.24, 2.45) is 0 Å². The molecule has 1 aliphatic heterocycles. The quantitative estimate of drug-likeness (QED) is 0.852. The maximum absolute atomic E-state index is 12.0. The van der Waals surface area contributed by atoms with E-state index in [0.717, 1.165) is 11.3 Å². The van der Waals surface area contributed by atoms with Crippen molar-refractivity contribution in [3.05, 3.63) is 16.0 Å². The first-order valence-electron chi connectivity index (χ1n) is 5.27.